The molecule has 0 saturated carbocycles. The number of esters is 1. The number of hydrogen-bond acceptors (Lipinski definition) is 8. The van der Waals surface area contributed by atoms with Crippen LogP contribution in [0.25, 0.3) is 16.9 Å². The Hall–Kier alpha value is -5.55. The highest BCUT2D eigenvalue weighted by Gasteiger charge is 2.28. The van der Waals surface area contributed by atoms with E-state index in [9.17, 15) is 14.4 Å². The third-order valence-electron chi connectivity index (χ3n) is 7.59. The zero-order valence-corrected chi connectivity index (χ0v) is 26.6. The standard InChI is InChI=1S/C36H33N5O5S/c1-2-45-36(44)31-29-15-9-10-16-30(29)47-35(31)38-33(42)34(43)39-37-21-26-22-41(27-13-7-4-8-14-27)40-32(26)25-17-19-28(20-18-25)46-23-24-11-5-3-6-12-24/h3-8,11-14,17-22H,2,9-10,15-16,23H2,1H3,(H,38,42)(H,39,43). The highest BCUT2D eigenvalue weighted by molar-refractivity contribution is 7.17. The molecule has 0 unspecified atom stereocenters. The van der Waals surface area contributed by atoms with Crippen LogP contribution in [-0.4, -0.2) is 40.4 Å². The molecule has 0 saturated heterocycles. The first-order valence-corrected chi connectivity index (χ1v) is 16.2. The van der Waals surface area contributed by atoms with Gasteiger partial charge in [-0.2, -0.15) is 10.2 Å². The molecule has 1 aliphatic carbocycles. The molecular formula is C36H33N5O5S. The summed E-state index contributed by atoms with van der Waals surface area (Å²) >= 11 is 1.31. The lowest BCUT2D eigenvalue weighted by atomic mass is 9.95. The Labute approximate surface area is 276 Å². The number of hydrazone groups is 1. The summed E-state index contributed by atoms with van der Waals surface area (Å²) in [6.45, 7) is 2.39. The second-order valence-electron chi connectivity index (χ2n) is 10.8. The van der Waals surface area contributed by atoms with E-state index in [0.717, 1.165) is 52.9 Å². The van der Waals surface area contributed by atoms with Gasteiger partial charge in [-0.05, 0) is 80.1 Å². The molecule has 3 aromatic carbocycles. The number of amides is 2. The summed E-state index contributed by atoms with van der Waals surface area (Å²) in [6.07, 6.45) is 6.75. The molecule has 238 valence electrons. The van der Waals surface area contributed by atoms with Crippen LogP contribution in [0.4, 0.5) is 5.00 Å². The van der Waals surface area contributed by atoms with Gasteiger partial charge >= 0.3 is 17.8 Å². The van der Waals surface area contributed by atoms with Gasteiger partial charge in [0.15, 0.2) is 0 Å². The van der Waals surface area contributed by atoms with Crippen LogP contribution in [0.15, 0.2) is 96.2 Å². The van der Waals surface area contributed by atoms with Crippen LogP contribution in [0.3, 0.4) is 0 Å². The summed E-state index contributed by atoms with van der Waals surface area (Å²) in [4.78, 5) is 39.4. The number of carbonyl (C=O) groups excluding carboxylic acids is 3. The van der Waals surface area contributed by atoms with Gasteiger partial charge < -0.3 is 14.8 Å². The number of rotatable bonds is 10. The lowest BCUT2D eigenvalue weighted by Crippen LogP contribution is -2.32. The fourth-order valence-corrected chi connectivity index (χ4v) is 6.59. The highest BCUT2D eigenvalue weighted by Crippen LogP contribution is 2.38. The number of fused-ring (bicyclic) bond motifs is 1. The Kier molecular flexibility index (Phi) is 9.83. The van der Waals surface area contributed by atoms with E-state index >= 15 is 0 Å². The molecule has 2 amide bonds. The molecule has 5 aromatic rings. The van der Waals surface area contributed by atoms with Crippen molar-refractivity contribution in [1.82, 2.24) is 15.2 Å². The van der Waals surface area contributed by atoms with Crippen LogP contribution in [0.2, 0.25) is 0 Å². The summed E-state index contributed by atoms with van der Waals surface area (Å²) in [5.41, 5.74) is 7.50. The molecule has 0 bridgehead atoms. The zero-order valence-electron chi connectivity index (χ0n) is 25.8. The van der Waals surface area contributed by atoms with Gasteiger partial charge in [-0.15, -0.1) is 11.3 Å². The predicted molar refractivity (Wildman–Crippen MR) is 181 cm³/mol. The number of carbonyl (C=O) groups is 3. The van der Waals surface area contributed by atoms with E-state index in [2.05, 4.69) is 15.8 Å². The lowest BCUT2D eigenvalue weighted by molar-refractivity contribution is -0.136. The van der Waals surface area contributed by atoms with E-state index in [-0.39, 0.29) is 6.61 Å². The number of nitrogens with one attached hydrogen (secondary N) is 2. The van der Waals surface area contributed by atoms with Crippen molar-refractivity contribution in [1.29, 1.82) is 0 Å². The molecule has 0 spiro atoms. The first-order valence-electron chi connectivity index (χ1n) is 15.4. The smallest absolute Gasteiger partial charge is 0.341 e. The molecule has 0 atom stereocenters. The van der Waals surface area contributed by atoms with E-state index in [0.29, 0.717) is 34.2 Å². The first-order chi connectivity index (χ1) is 23.0. The van der Waals surface area contributed by atoms with E-state index in [4.69, 9.17) is 14.6 Å². The van der Waals surface area contributed by atoms with Crippen LogP contribution in [-0.2, 0) is 33.8 Å². The third kappa shape index (κ3) is 7.47. The number of nitrogens with zero attached hydrogens (tertiary/aromatic N) is 3. The van der Waals surface area contributed by atoms with Crippen molar-refractivity contribution in [3.8, 4) is 22.7 Å². The van der Waals surface area contributed by atoms with E-state index < -0.39 is 17.8 Å². The fourth-order valence-electron chi connectivity index (χ4n) is 5.31. The molecule has 2 heterocycles. The minimum absolute atomic E-state index is 0.209. The number of aromatic nitrogens is 2. The van der Waals surface area contributed by atoms with E-state index in [1.807, 2.05) is 84.9 Å². The second-order valence-corrected chi connectivity index (χ2v) is 11.9. The normalized spacial score (nSPS) is 12.4. The van der Waals surface area contributed by atoms with Crippen molar-refractivity contribution in [3.63, 3.8) is 0 Å². The molecule has 2 aromatic heterocycles. The summed E-state index contributed by atoms with van der Waals surface area (Å²) in [5, 5.41) is 11.8. The maximum atomic E-state index is 12.9. The first kappa shape index (κ1) is 31.4. The van der Waals surface area contributed by atoms with Crippen molar-refractivity contribution in [2.45, 2.75) is 39.2 Å². The molecule has 0 fully saturated rings. The van der Waals surface area contributed by atoms with Gasteiger partial charge in [-0.25, -0.2) is 14.9 Å². The van der Waals surface area contributed by atoms with Crippen LogP contribution < -0.4 is 15.5 Å². The Morgan fingerprint density at radius 3 is 2.40 bits per heavy atom. The molecule has 10 nitrogen and oxygen atoms in total. The quantitative estimate of drug-likeness (QED) is 0.0791. The number of ether oxygens (including phenoxy) is 2. The van der Waals surface area contributed by atoms with Gasteiger partial charge in [0, 0.05) is 22.2 Å². The molecular weight excluding hydrogens is 614 g/mol. The number of aryl methyl sites for hydroxylation is 1. The van der Waals surface area contributed by atoms with Crippen LogP contribution in [0, 0.1) is 0 Å². The molecule has 47 heavy (non-hydrogen) atoms. The largest absolute Gasteiger partial charge is 0.489 e. The number of hydrogen-bond donors (Lipinski definition) is 2. The maximum Gasteiger partial charge on any atom is 0.341 e. The number of para-hydroxylation sites is 1. The van der Waals surface area contributed by atoms with Gasteiger partial charge in [0.2, 0.25) is 0 Å². The van der Waals surface area contributed by atoms with Gasteiger partial charge in [0.05, 0.1) is 24.1 Å². The Morgan fingerprint density at radius 1 is 0.936 bits per heavy atom. The van der Waals surface area contributed by atoms with Crippen molar-refractivity contribution in [2.75, 3.05) is 11.9 Å². The van der Waals surface area contributed by atoms with Crippen molar-refractivity contribution >= 4 is 40.3 Å². The maximum absolute atomic E-state index is 12.9. The van der Waals surface area contributed by atoms with Gasteiger partial charge in [0.25, 0.3) is 0 Å². The van der Waals surface area contributed by atoms with Crippen molar-refractivity contribution < 1.29 is 23.9 Å². The van der Waals surface area contributed by atoms with Gasteiger partial charge in [-0.1, -0.05) is 48.5 Å². The SMILES string of the molecule is CCOC(=O)c1c(NC(=O)C(=O)NN=Cc2cn(-c3ccccc3)nc2-c2ccc(OCc3ccccc3)cc2)sc2c1CCCC2. The second kappa shape index (κ2) is 14.7. The van der Waals surface area contributed by atoms with Crippen molar-refractivity contribution in [2.24, 2.45) is 5.10 Å². The molecule has 0 radical (unpaired) electrons. The minimum Gasteiger partial charge on any atom is -0.489 e. The highest BCUT2D eigenvalue weighted by atomic mass is 32.1. The topological polar surface area (TPSA) is 124 Å². The fraction of sp³-hybridized carbons (Fsp3) is 0.194. The van der Waals surface area contributed by atoms with Crippen LogP contribution in [0.5, 0.6) is 5.75 Å². The van der Waals surface area contributed by atoms with E-state index in [1.165, 1.54) is 17.6 Å². The summed E-state index contributed by atoms with van der Waals surface area (Å²) in [6, 6.07) is 27.1. The Balaban J connectivity index is 1.17. The summed E-state index contributed by atoms with van der Waals surface area (Å²) in [5.74, 6) is -1.69. The molecule has 0 aliphatic heterocycles. The molecule has 2 N–H and O–H groups in total. The Bertz CT molecular complexity index is 1900. The number of anilines is 1. The van der Waals surface area contributed by atoms with Crippen molar-refractivity contribution in [3.05, 3.63) is 118 Å². The number of benzene rings is 3. The average Bonchev–Trinajstić information content (AvgIpc) is 3.70. The lowest BCUT2D eigenvalue weighted by Gasteiger charge is -2.12. The zero-order chi connectivity index (χ0) is 32.6. The van der Waals surface area contributed by atoms with Gasteiger partial charge in [-0.3, -0.25) is 9.59 Å². The summed E-state index contributed by atoms with van der Waals surface area (Å²) < 4.78 is 12.9. The summed E-state index contributed by atoms with van der Waals surface area (Å²) in [7, 11) is 0. The van der Waals surface area contributed by atoms with Crippen LogP contribution in [0.1, 0.15) is 51.7 Å². The average molecular weight is 648 g/mol. The molecule has 11 heteroatoms. The minimum atomic E-state index is -0.973. The van der Waals surface area contributed by atoms with E-state index in [1.54, 1.807) is 17.8 Å². The van der Waals surface area contributed by atoms with Gasteiger partial charge in [0.1, 0.15) is 23.1 Å². The Morgan fingerprint density at radius 2 is 1.66 bits per heavy atom. The predicted octanol–water partition coefficient (Wildman–Crippen LogP) is 6.32. The molecule has 6 rings (SSSR count). The number of thiophene rings is 1. The third-order valence-corrected chi connectivity index (χ3v) is 8.80. The van der Waals surface area contributed by atoms with Crippen LogP contribution >= 0.6 is 11.3 Å². The monoisotopic (exact) mass is 647 g/mol. The molecule has 1 aliphatic rings.